The molecule has 1 rings (SSSR count). The number of hydrogen-bond acceptors (Lipinski definition) is 2. The Morgan fingerprint density at radius 2 is 2.18 bits per heavy atom. The van der Waals surface area contributed by atoms with Crippen LogP contribution >= 0.6 is 15.9 Å². The van der Waals surface area contributed by atoms with Crippen molar-refractivity contribution < 1.29 is 14.7 Å². The molecule has 0 aliphatic rings. The van der Waals surface area contributed by atoms with Crippen molar-refractivity contribution in [2.24, 2.45) is 0 Å². The van der Waals surface area contributed by atoms with E-state index in [-0.39, 0.29) is 18.4 Å². The fraction of sp³-hybridized carbons (Fsp3) is 0.333. The average molecular weight is 300 g/mol. The van der Waals surface area contributed by atoms with Crippen LogP contribution in [-0.2, 0) is 4.79 Å². The molecule has 0 aromatic heterocycles. The topological polar surface area (TPSA) is 66.4 Å². The molecular formula is C12H14BrNO3. The zero-order valence-electron chi connectivity index (χ0n) is 9.44. The van der Waals surface area contributed by atoms with Gasteiger partial charge in [0.05, 0.1) is 0 Å². The maximum absolute atomic E-state index is 11.8. The second kappa shape index (κ2) is 6.39. The standard InChI is InChI=1S/C12H14BrNO3/c1-8(5-6-11(15)16)14-12(17)9-3-2-4-10(13)7-9/h2-4,7-8H,5-6H2,1H3,(H,14,17)(H,15,16). The minimum absolute atomic E-state index is 0.0555. The van der Waals surface area contributed by atoms with Crippen molar-refractivity contribution in [3.8, 4) is 0 Å². The zero-order chi connectivity index (χ0) is 12.8. The highest BCUT2D eigenvalue weighted by molar-refractivity contribution is 9.10. The van der Waals surface area contributed by atoms with Gasteiger partial charge >= 0.3 is 5.97 Å². The second-order valence-electron chi connectivity index (χ2n) is 3.82. The van der Waals surface area contributed by atoms with Crippen molar-refractivity contribution in [1.82, 2.24) is 5.32 Å². The number of carboxylic acids is 1. The van der Waals surface area contributed by atoms with Gasteiger partial charge in [-0.3, -0.25) is 9.59 Å². The van der Waals surface area contributed by atoms with Crippen LogP contribution in [0.25, 0.3) is 0 Å². The minimum atomic E-state index is -0.853. The molecule has 0 bridgehead atoms. The number of aliphatic carboxylic acids is 1. The molecule has 1 aromatic rings. The van der Waals surface area contributed by atoms with E-state index in [9.17, 15) is 9.59 Å². The van der Waals surface area contributed by atoms with Crippen LogP contribution in [0, 0.1) is 0 Å². The summed E-state index contributed by atoms with van der Waals surface area (Å²) in [6.45, 7) is 1.79. The molecule has 0 radical (unpaired) electrons. The molecule has 1 aromatic carbocycles. The lowest BCUT2D eigenvalue weighted by molar-refractivity contribution is -0.137. The number of hydrogen-bond donors (Lipinski definition) is 2. The fourth-order valence-corrected chi connectivity index (χ4v) is 1.75. The van der Waals surface area contributed by atoms with Gasteiger partial charge in [0.15, 0.2) is 0 Å². The number of carboxylic acid groups (broad SMARTS) is 1. The van der Waals surface area contributed by atoms with E-state index >= 15 is 0 Å². The molecule has 0 saturated heterocycles. The first-order chi connectivity index (χ1) is 7.99. The summed E-state index contributed by atoms with van der Waals surface area (Å²) in [5.41, 5.74) is 0.557. The zero-order valence-corrected chi connectivity index (χ0v) is 11.0. The van der Waals surface area contributed by atoms with Crippen LogP contribution in [0.5, 0.6) is 0 Å². The number of halogens is 1. The third-order valence-electron chi connectivity index (χ3n) is 2.26. The Morgan fingerprint density at radius 3 is 2.76 bits per heavy atom. The molecule has 0 fully saturated rings. The SMILES string of the molecule is CC(CCC(=O)O)NC(=O)c1cccc(Br)c1. The van der Waals surface area contributed by atoms with Crippen LogP contribution in [-0.4, -0.2) is 23.0 Å². The van der Waals surface area contributed by atoms with Gasteiger partial charge in [-0.05, 0) is 31.5 Å². The maximum Gasteiger partial charge on any atom is 0.303 e. The number of amides is 1. The third kappa shape index (κ3) is 4.99. The summed E-state index contributed by atoms with van der Waals surface area (Å²) in [6.07, 6.45) is 0.481. The van der Waals surface area contributed by atoms with E-state index < -0.39 is 5.97 Å². The van der Waals surface area contributed by atoms with E-state index in [2.05, 4.69) is 21.2 Å². The molecule has 92 valence electrons. The van der Waals surface area contributed by atoms with Crippen molar-refractivity contribution in [3.05, 3.63) is 34.3 Å². The molecule has 0 heterocycles. The monoisotopic (exact) mass is 299 g/mol. The quantitative estimate of drug-likeness (QED) is 0.877. The summed E-state index contributed by atoms with van der Waals surface area (Å²) in [5.74, 6) is -1.04. The molecule has 0 saturated carbocycles. The Labute approximate surface area is 108 Å². The molecule has 0 aliphatic carbocycles. The highest BCUT2D eigenvalue weighted by Crippen LogP contribution is 2.11. The fourth-order valence-electron chi connectivity index (χ4n) is 1.35. The Hall–Kier alpha value is -1.36. The highest BCUT2D eigenvalue weighted by Gasteiger charge is 2.11. The third-order valence-corrected chi connectivity index (χ3v) is 2.75. The number of carbonyl (C=O) groups is 2. The van der Waals surface area contributed by atoms with Crippen LogP contribution in [0.15, 0.2) is 28.7 Å². The summed E-state index contributed by atoms with van der Waals surface area (Å²) in [7, 11) is 0. The van der Waals surface area contributed by atoms with Crippen molar-refractivity contribution >= 4 is 27.8 Å². The molecular weight excluding hydrogens is 286 g/mol. The van der Waals surface area contributed by atoms with Gasteiger partial charge in [0.1, 0.15) is 0 Å². The van der Waals surface area contributed by atoms with Crippen LogP contribution in [0.1, 0.15) is 30.1 Å². The summed E-state index contributed by atoms with van der Waals surface area (Å²) in [4.78, 5) is 22.2. The highest BCUT2D eigenvalue weighted by atomic mass is 79.9. The van der Waals surface area contributed by atoms with E-state index in [4.69, 9.17) is 5.11 Å². The lowest BCUT2D eigenvalue weighted by Gasteiger charge is -2.12. The Kier molecular flexibility index (Phi) is 5.15. The van der Waals surface area contributed by atoms with E-state index in [0.29, 0.717) is 12.0 Å². The van der Waals surface area contributed by atoms with Crippen molar-refractivity contribution in [3.63, 3.8) is 0 Å². The van der Waals surface area contributed by atoms with E-state index in [0.717, 1.165) is 4.47 Å². The molecule has 2 N–H and O–H groups in total. The smallest absolute Gasteiger partial charge is 0.303 e. The second-order valence-corrected chi connectivity index (χ2v) is 4.73. The first-order valence-electron chi connectivity index (χ1n) is 5.27. The van der Waals surface area contributed by atoms with Crippen LogP contribution in [0.3, 0.4) is 0 Å². The van der Waals surface area contributed by atoms with Gasteiger partial charge in [-0.25, -0.2) is 0 Å². The van der Waals surface area contributed by atoms with Crippen molar-refractivity contribution in [2.45, 2.75) is 25.8 Å². The summed E-state index contributed by atoms with van der Waals surface area (Å²) in [5, 5.41) is 11.3. The van der Waals surface area contributed by atoms with E-state index in [1.165, 1.54) is 0 Å². The molecule has 0 spiro atoms. The van der Waals surface area contributed by atoms with Crippen LogP contribution in [0.2, 0.25) is 0 Å². The largest absolute Gasteiger partial charge is 0.481 e. The molecule has 4 nitrogen and oxygen atoms in total. The lowest BCUT2D eigenvalue weighted by Crippen LogP contribution is -2.32. The Morgan fingerprint density at radius 1 is 1.47 bits per heavy atom. The molecule has 1 amide bonds. The van der Waals surface area contributed by atoms with Crippen molar-refractivity contribution in [2.75, 3.05) is 0 Å². The number of nitrogens with one attached hydrogen (secondary N) is 1. The van der Waals surface area contributed by atoms with Gasteiger partial charge in [-0.1, -0.05) is 22.0 Å². The first kappa shape index (κ1) is 13.7. The first-order valence-corrected chi connectivity index (χ1v) is 6.06. The van der Waals surface area contributed by atoms with Gasteiger partial charge in [0.2, 0.25) is 0 Å². The average Bonchev–Trinajstić information content (AvgIpc) is 2.26. The van der Waals surface area contributed by atoms with Gasteiger partial charge < -0.3 is 10.4 Å². The van der Waals surface area contributed by atoms with Gasteiger partial charge in [0.25, 0.3) is 5.91 Å². The van der Waals surface area contributed by atoms with Gasteiger partial charge in [0, 0.05) is 22.5 Å². The number of rotatable bonds is 5. The molecule has 5 heteroatoms. The minimum Gasteiger partial charge on any atom is -0.481 e. The summed E-state index contributed by atoms with van der Waals surface area (Å²) in [6, 6.07) is 6.90. The summed E-state index contributed by atoms with van der Waals surface area (Å²) >= 11 is 3.29. The van der Waals surface area contributed by atoms with E-state index in [1.807, 2.05) is 6.07 Å². The molecule has 0 aliphatic heterocycles. The number of carbonyl (C=O) groups excluding carboxylic acids is 1. The lowest BCUT2D eigenvalue weighted by atomic mass is 10.1. The van der Waals surface area contributed by atoms with Crippen molar-refractivity contribution in [1.29, 1.82) is 0 Å². The van der Waals surface area contributed by atoms with Crippen LogP contribution < -0.4 is 5.32 Å². The number of benzene rings is 1. The predicted molar refractivity (Wildman–Crippen MR) is 67.9 cm³/mol. The van der Waals surface area contributed by atoms with E-state index in [1.54, 1.807) is 25.1 Å². The Bertz CT molecular complexity index is 420. The predicted octanol–water partition coefficient (Wildman–Crippen LogP) is 2.43. The molecule has 17 heavy (non-hydrogen) atoms. The van der Waals surface area contributed by atoms with Crippen LogP contribution in [0.4, 0.5) is 0 Å². The van der Waals surface area contributed by atoms with Gasteiger partial charge in [-0.15, -0.1) is 0 Å². The molecule has 1 unspecified atom stereocenters. The molecule has 1 atom stereocenters. The normalized spacial score (nSPS) is 11.9. The van der Waals surface area contributed by atoms with Gasteiger partial charge in [-0.2, -0.15) is 0 Å². The Balaban J connectivity index is 2.51. The summed E-state index contributed by atoms with van der Waals surface area (Å²) < 4.78 is 0.836. The maximum atomic E-state index is 11.8.